The van der Waals surface area contributed by atoms with E-state index in [1.165, 1.54) is 5.70 Å². The highest BCUT2D eigenvalue weighted by atomic mass is 16.5. The molecule has 1 aliphatic carbocycles. The number of allylic oxidation sites excluding steroid dienone is 1. The molecule has 2 rings (SSSR count). The number of Topliss-reactive ketones (excluding diaryl/α,β-unsaturated/α-hetero) is 1. The standard InChI is InChI=1S/C14H24N2O3/c1-18-8-6-15-10-12-13(4-3-5-14(12)17)16(11-15)7-9-19-2/h3-11H2,1-2H3. The molecule has 0 amide bonds. The molecule has 0 atom stereocenters. The second-order valence-electron chi connectivity index (χ2n) is 5.14. The molecule has 0 spiro atoms. The van der Waals surface area contributed by atoms with Gasteiger partial charge in [0.25, 0.3) is 0 Å². The van der Waals surface area contributed by atoms with Crippen LogP contribution in [0.25, 0.3) is 0 Å². The number of ether oxygens (including phenoxy) is 2. The van der Waals surface area contributed by atoms with Crippen molar-refractivity contribution in [1.29, 1.82) is 0 Å². The lowest BCUT2D eigenvalue weighted by molar-refractivity contribution is -0.117. The quantitative estimate of drug-likeness (QED) is 0.715. The molecule has 19 heavy (non-hydrogen) atoms. The van der Waals surface area contributed by atoms with E-state index in [1.807, 2.05) is 0 Å². The molecule has 108 valence electrons. The summed E-state index contributed by atoms with van der Waals surface area (Å²) in [6.07, 6.45) is 2.72. The number of ketones is 1. The molecule has 1 heterocycles. The van der Waals surface area contributed by atoms with Gasteiger partial charge in [-0.05, 0) is 12.8 Å². The van der Waals surface area contributed by atoms with Gasteiger partial charge in [-0.15, -0.1) is 0 Å². The van der Waals surface area contributed by atoms with Crippen LogP contribution in [0.2, 0.25) is 0 Å². The summed E-state index contributed by atoms with van der Waals surface area (Å²) in [4.78, 5) is 16.7. The molecule has 0 aromatic rings. The lowest BCUT2D eigenvalue weighted by Gasteiger charge is -2.41. The SMILES string of the molecule is COCCN1CC2=C(CCCC2=O)N(CCOC)C1. The normalized spacial score (nSPS) is 20.9. The van der Waals surface area contributed by atoms with Crippen LogP contribution in [0.4, 0.5) is 0 Å². The van der Waals surface area contributed by atoms with E-state index in [4.69, 9.17) is 9.47 Å². The molecule has 0 saturated heterocycles. The topological polar surface area (TPSA) is 42.0 Å². The lowest BCUT2D eigenvalue weighted by Crippen LogP contribution is -2.48. The monoisotopic (exact) mass is 268 g/mol. The molecule has 2 aliphatic rings. The average Bonchev–Trinajstić information content (AvgIpc) is 2.43. The molecule has 5 heteroatoms. The molecule has 0 radical (unpaired) electrons. The van der Waals surface area contributed by atoms with Gasteiger partial charge in [-0.25, -0.2) is 0 Å². The Morgan fingerprint density at radius 3 is 2.58 bits per heavy atom. The van der Waals surface area contributed by atoms with Crippen LogP contribution >= 0.6 is 0 Å². The highest BCUT2D eigenvalue weighted by molar-refractivity contribution is 5.97. The van der Waals surface area contributed by atoms with E-state index in [1.54, 1.807) is 14.2 Å². The van der Waals surface area contributed by atoms with Gasteiger partial charge in [0.1, 0.15) is 0 Å². The van der Waals surface area contributed by atoms with E-state index in [9.17, 15) is 4.79 Å². The van der Waals surface area contributed by atoms with Crippen molar-refractivity contribution >= 4 is 5.78 Å². The van der Waals surface area contributed by atoms with Crippen molar-refractivity contribution in [2.75, 3.05) is 53.7 Å². The summed E-state index contributed by atoms with van der Waals surface area (Å²) in [5, 5.41) is 0. The number of carbonyl (C=O) groups is 1. The van der Waals surface area contributed by atoms with Gasteiger partial charge in [-0.1, -0.05) is 0 Å². The summed E-state index contributed by atoms with van der Waals surface area (Å²) < 4.78 is 10.3. The molecular formula is C14H24N2O3. The fraction of sp³-hybridized carbons (Fsp3) is 0.786. The second kappa shape index (κ2) is 7.03. The predicted octanol–water partition coefficient (Wildman–Crippen LogP) is 0.861. The predicted molar refractivity (Wildman–Crippen MR) is 72.8 cm³/mol. The van der Waals surface area contributed by atoms with E-state index < -0.39 is 0 Å². The first kappa shape index (κ1) is 14.5. The Labute approximate surface area is 115 Å². The number of carbonyl (C=O) groups excluding carboxylic acids is 1. The van der Waals surface area contributed by atoms with Gasteiger partial charge in [-0.2, -0.15) is 0 Å². The Balaban J connectivity index is 2.10. The third-order valence-electron chi connectivity index (χ3n) is 3.81. The van der Waals surface area contributed by atoms with Crippen LogP contribution in [0.5, 0.6) is 0 Å². The zero-order chi connectivity index (χ0) is 13.7. The molecule has 1 aliphatic heterocycles. The molecule has 0 saturated carbocycles. The molecular weight excluding hydrogens is 244 g/mol. The van der Waals surface area contributed by atoms with Crippen LogP contribution in [-0.2, 0) is 14.3 Å². The van der Waals surface area contributed by atoms with Crippen molar-refractivity contribution in [1.82, 2.24) is 9.80 Å². The molecule has 0 unspecified atom stereocenters. The molecule has 0 aromatic heterocycles. The van der Waals surface area contributed by atoms with Crippen molar-refractivity contribution in [2.24, 2.45) is 0 Å². The highest BCUT2D eigenvalue weighted by Crippen LogP contribution is 2.29. The maximum absolute atomic E-state index is 12.1. The fourth-order valence-corrected chi connectivity index (χ4v) is 2.79. The van der Waals surface area contributed by atoms with E-state index in [0.717, 1.165) is 44.7 Å². The first-order valence-electron chi connectivity index (χ1n) is 6.96. The van der Waals surface area contributed by atoms with Crippen LogP contribution in [-0.4, -0.2) is 69.3 Å². The van der Waals surface area contributed by atoms with Crippen molar-refractivity contribution in [2.45, 2.75) is 19.3 Å². The average molecular weight is 268 g/mol. The maximum Gasteiger partial charge on any atom is 0.161 e. The van der Waals surface area contributed by atoms with Gasteiger partial charge in [-0.3, -0.25) is 9.69 Å². The summed E-state index contributed by atoms with van der Waals surface area (Å²) >= 11 is 0. The molecule has 5 nitrogen and oxygen atoms in total. The number of methoxy groups -OCH3 is 2. The number of rotatable bonds is 6. The van der Waals surface area contributed by atoms with Gasteiger partial charge in [0, 0.05) is 51.5 Å². The number of hydrogen-bond donors (Lipinski definition) is 0. The van der Waals surface area contributed by atoms with Gasteiger partial charge >= 0.3 is 0 Å². The van der Waals surface area contributed by atoms with Crippen molar-refractivity contribution < 1.29 is 14.3 Å². The largest absolute Gasteiger partial charge is 0.383 e. The van der Waals surface area contributed by atoms with Gasteiger partial charge in [0.2, 0.25) is 0 Å². The van der Waals surface area contributed by atoms with E-state index in [2.05, 4.69) is 9.80 Å². The Morgan fingerprint density at radius 1 is 1.11 bits per heavy atom. The summed E-state index contributed by atoms with van der Waals surface area (Å²) in [6, 6.07) is 0. The van der Waals surface area contributed by atoms with Crippen molar-refractivity contribution in [3.63, 3.8) is 0 Å². The van der Waals surface area contributed by atoms with Gasteiger partial charge in [0.05, 0.1) is 19.9 Å². The van der Waals surface area contributed by atoms with Crippen LogP contribution in [0, 0.1) is 0 Å². The first-order chi connectivity index (χ1) is 9.26. The highest BCUT2D eigenvalue weighted by Gasteiger charge is 2.30. The molecule has 0 N–H and O–H groups in total. The summed E-state index contributed by atoms with van der Waals surface area (Å²) in [5.74, 6) is 0.325. The van der Waals surface area contributed by atoms with Crippen molar-refractivity contribution in [3.8, 4) is 0 Å². The van der Waals surface area contributed by atoms with E-state index in [-0.39, 0.29) is 0 Å². The Bertz CT molecular complexity index is 355. The third-order valence-corrected chi connectivity index (χ3v) is 3.81. The van der Waals surface area contributed by atoms with Crippen LogP contribution in [0.1, 0.15) is 19.3 Å². The zero-order valence-corrected chi connectivity index (χ0v) is 12.0. The number of hydrogen-bond acceptors (Lipinski definition) is 5. The van der Waals surface area contributed by atoms with Crippen LogP contribution in [0.3, 0.4) is 0 Å². The smallest absolute Gasteiger partial charge is 0.161 e. The molecule has 0 bridgehead atoms. The Morgan fingerprint density at radius 2 is 1.84 bits per heavy atom. The minimum absolute atomic E-state index is 0.325. The Kier molecular flexibility index (Phi) is 5.36. The maximum atomic E-state index is 12.1. The van der Waals surface area contributed by atoms with E-state index in [0.29, 0.717) is 25.4 Å². The minimum atomic E-state index is 0.325. The zero-order valence-electron chi connectivity index (χ0n) is 12.0. The second-order valence-corrected chi connectivity index (χ2v) is 5.14. The van der Waals surface area contributed by atoms with Gasteiger partial charge < -0.3 is 14.4 Å². The first-order valence-corrected chi connectivity index (χ1v) is 6.96. The molecule has 0 aromatic carbocycles. The van der Waals surface area contributed by atoms with Crippen LogP contribution in [0.15, 0.2) is 11.3 Å². The minimum Gasteiger partial charge on any atom is -0.383 e. The van der Waals surface area contributed by atoms with Gasteiger partial charge in [0.15, 0.2) is 5.78 Å². The summed E-state index contributed by atoms with van der Waals surface area (Å²) in [5.41, 5.74) is 2.27. The van der Waals surface area contributed by atoms with Crippen molar-refractivity contribution in [3.05, 3.63) is 11.3 Å². The lowest BCUT2D eigenvalue weighted by atomic mass is 9.92. The number of nitrogens with zero attached hydrogens (tertiary/aromatic N) is 2. The van der Waals surface area contributed by atoms with E-state index >= 15 is 0 Å². The molecule has 0 fully saturated rings. The Hall–Kier alpha value is -0.910. The summed E-state index contributed by atoms with van der Waals surface area (Å²) in [6.45, 7) is 4.77. The third kappa shape index (κ3) is 3.55. The fourth-order valence-electron chi connectivity index (χ4n) is 2.79. The van der Waals surface area contributed by atoms with Crippen LogP contribution < -0.4 is 0 Å². The summed E-state index contributed by atoms with van der Waals surface area (Å²) in [7, 11) is 3.43.